The number of phosphoric acid groups is 1. The van der Waals surface area contributed by atoms with Gasteiger partial charge in [0.1, 0.15) is 24.1 Å². The lowest BCUT2D eigenvalue weighted by atomic mass is 10.1. The van der Waals surface area contributed by atoms with Gasteiger partial charge in [-0.05, 0) is 25.3 Å². The molecule has 1 aromatic heterocycles. The Labute approximate surface area is 171 Å². The van der Waals surface area contributed by atoms with Crippen molar-refractivity contribution < 1.29 is 43.7 Å². The number of carboxylic acid groups (broad SMARTS) is 1. The average molecular weight is 450 g/mol. The van der Waals surface area contributed by atoms with Gasteiger partial charge >= 0.3 is 7.82 Å². The van der Waals surface area contributed by atoms with E-state index in [2.05, 4.69) is 14.5 Å². The minimum absolute atomic E-state index is 0.0759. The van der Waals surface area contributed by atoms with Crippen molar-refractivity contribution in [2.45, 2.75) is 49.8 Å². The van der Waals surface area contributed by atoms with Crippen molar-refractivity contribution in [1.82, 2.24) is 9.55 Å². The van der Waals surface area contributed by atoms with Crippen LogP contribution >= 0.6 is 7.82 Å². The number of rotatable bonds is 10. The fourth-order valence-corrected chi connectivity index (χ4v) is 3.13. The summed E-state index contributed by atoms with van der Waals surface area (Å²) < 4.78 is 22.0. The predicted molar refractivity (Wildman–Crippen MR) is 97.8 cm³/mol. The molecule has 0 saturated carbocycles. The SMILES string of the molecule is Nc1ccn([C@@H]2O[C@H](COP(=O)(O)O)[C@@H](O)[C@H]2O)c(=NCCCC[C@H](N)C(=O)[O-])n1. The summed E-state index contributed by atoms with van der Waals surface area (Å²) in [4.78, 5) is 36.5. The molecule has 170 valence electrons. The van der Waals surface area contributed by atoms with E-state index in [9.17, 15) is 24.7 Å². The largest absolute Gasteiger partial charge is 0.548 e. The van der Waals surface area contributed by atoms with Gasteiger partial charge in [-0.25, -0.2) is 4.57 Å². The number of aliphatic hydroxyl groups excluding tert-OH is 2. The molecule has 0 aromatic carbocycles. The number of nitrogens with zero attached hydrogens (tertiary/aromatic N) is 3. The number of carbonyl (C=O) groups is 1. The molecule has 0 aliphatic carbocycles. The number of unbranched alkanes of at least 4 members (excludes halogenated alkanes) is 1. The predicted octanol–water partition coefficient (Wildman–Crippen LogP) is -3.66. The van der Waals surface area contributed by atoms with Crippen LogP contribution in [0.4, 0.5) is 5.82 Å². The van der Waals surface area contributed by atoms with Crippen LogP contribution in [0.25, 0.3) is 0 Å². The van der Waals surface area contributed by atoms with Gasteiger partial charge in [0, 0.05) is 18.8 Å². The molecule has 15 heteroatoms. The minimum Gasteiger partial charge on any atom is -0.548 e. The molecule has 0 amide bonds. The summed E-state index contributed by atoms with van der Waals surface area (Å²) >= 11 is 0. The molecule has 0 spiro atoms. The summed E-state index contributed by atoms with van der Waals surface area (Å²) in [5.41, 5.74) is 11.1. The number of aromatic nitrogens is 2. The van der Waals surface area contributed by atoms with Gasteiger partial charge in [-0.3, -0.25) is 14.1 Å². The van der Waals surface area contributed by atoms with Crippen molar-refractivity contribution in [2.24, 2.45) is 10.7 Å². The van der Waals surface area contributed by atoms with Crippen molar-refractivity contribution >= 4 is 19.6 Å². The van der Waals surface area contributed by atoms with Crippen LogP contribution in [0, 0.1) is 0 Å². The van der Waals surface area contributed by atoms with Gasteiger partial charge < -0.3 is 46.1 Å². The van der Waals surface area contributed by atoms with E-state index in [0.29, 0.717) is 12.8 Å². The Hall–Kier alpha value is -1.90. The molecule has 30 heavy (non-hydrogen) atoms. The molecule has 1 aliphatic rings. The van der Waals surface area contributed by atoms with Crippen LogP contribution in [0.3, 0.4) is 0 Å². The summed E-state index contributed by atoms with van der Waals surface area (Å²) in [6.45, 7) is -0.403. The molecule has 14 nitrogen and oxygen atoms in total. The van der Waals surface area contributed by atoms with Crippen LogP contribution < -0.4 is 22.2 Å². The van der Waals surface area contributed by atoms with Crippen LogP contribution in [-0.2, 0) is 18.6 Å². The number of nitrogen functional groups attached to an aromatic ring is 1. The van der Waals surface area contributed by atoms with E-state index >= 15 is 0 Å². The Morgan fingerprint density at radius 3 is 2.73 bits per heavy atom. The fourth-order valence-electron chi connectivity index (χ4n) is 2.79. The molecule has 0 bridgehead atoms. The molecule has 8 N–H and O–H groups in total. The highest BCUT2D eigenvalue weighted by molar-refractivity contribution is 7.46. The van der Waals surface area contributed by atoms with E-state index in [4.69, 9.17) is 26.0 Å². The zero-order valence-electron chi connectivity index (χ0n) is 15.9. The molecular weight excluding hydrogens is 425 g/mol. The molecule has 1 fully saturated rings. The first-order chi connectivity index (χ1) is 14.0. The number of carbonyl (C=O) groups excluding carboxylic acids is 1. The average Bonchev–Trinajstić information content (AvgIpc) is 2.93. The van der Waals surface area contributed by atoms with Crippen molar-refractivity contribution in [3.8, 4) is 0 Å². The molecule has 5 atom stereocenters. The van der Waals surface area contributed by atoms with Crippen molar-refractivity contribution in [3.63, 3.8) is 0 Å². The minimum atomic E-state index is -4.78. The first-order valence-electron chi connectivity index (χ1n) is 9.03. The smallest absolute Gasteiger partial charge is 0.469 e. The first kappa shape index (κ1) is 24.4. The zero-order valence-corrected chi connectivity index (χ0v) is 16.7. The number of hydrogen-bond donors (Lipinski definition) is 6. The number of aliphatic hydroxyl groups is 2. The Bertz CT molecular complexity index is 844. The van der Waals surface area contributed by atoms with E-state index in [0.717, 1.165) is 0 Å². The number of phosphoric ester groups is 1. The maximum Gasteiger partial charge on any atom is 0.469 e. The lowest BCUT2D eigenvalue weighted by Crippen LogP contribution is -2.41. The van der Waals surface area contributed by atoms with Gasteiger partial charge in [-0.15, -0.1) is 0 Å². The van der Waals surface area contributed by atoms with E-state index in [1.165, 1.54) is 16.8 Å². The van der Waals surface area contributed by atoms with E-state index in [-0.39, 0.29) is 24.4 Å². The van der Waals surface area contributed by atoms with Gasteiger partial charge in [-0.2, -0.15) is 4.98 Å². The highest BCUT2D eigenvalue weighted by Crippen LogP contribution is 2.38. The molecule has 1 saturated heterocycles. The van der Waals surface area contributed by atoms with Crippen LogP contribution in [0.15, 0.2) is 17.3 Å². The fraction of sp³-hybridized carbons (Fsp3) is 0.667. The normalized spacial score (nSPS) is 26.1. The van der Waals surface area contributed by atoms with Crippen molar-refractivity contribution in [1.29, 1.82) is 0 Å². The van der Waals surface area contributed by atoms with Gasteiger partial charge in [0.05, 0.1) is 12.6 Å². The summed E-state index contributed by atoms with van der Waals surface area (Å²) in [6.07, 6.45) is -2.69. The maximum atomic E-state index is 10.9. The molecular formula is C15H25N5O9P-. The summed E-state index contributed by atoms with van der Waals surface area (Å²) in [5.74, 6) is -1.19. The van der Waals surface area contributed by atoms with Gasteiger partial charge in [0.15, 0.2) is 6.23 Å². The van der Waals surface area contributed by atoms with Crippen molar-refractivity contribution in [3.05, 3.63) is 17.9 Å². The highest BCUT2D eigenvalue weighted by Gasteiger charge is 2.44. The molecule has 2 heterocycles. The number of aliphatic carboxylic acids is 1. The van der Waals surface area contributed by atoms with Crippen LogP contribution in [-0.4, -0.2) is 73.0 Å². The summed E-state index contributed by atoms with van der Waals surface area (Å²) in [7, 11) is -4.78. The lowest BCUT2D eigenvalue weighted by molar-refractivity contribution is -0.307. The standard InChI is InChI=1S/C15H26N5O9P/c16-8(14(23)24)3-1-2-5-18-15-19-10(17)4-6-20(15)13-12(22)11(21)9(29-13)7-28-30(25,26)27/h4,6,8-9,11-13,21-22H,1-3,5,7,16H2,(H,23,24)(H2,17,18,19)(H2,25,26,27)/p-1/t8-,9+,11+,12+,13+/m0/s1. The molecule has 0 unspecified atom stereocenters. The number of anilines is 1. The Balaban J connectivity index is 2.10. The summed E-state index contributed by atoms with van der Waals surface area (Å²) in [5, 5.41) is 31.0. The lowest BCUT2D eigenvalue weighted by Gasteiger charge is -2.18. The zero-order chi connectivity index (χ0) is 22.5. The molecule has 2 rings (SSSR count). The second-order valence-electron chi connectivity index (χ2n) is 6.70. The Kier molecular flexibility index (Phi) is 8.46. The highest BCUT2D eigenvalue weighted by atomic mass is 31.2. The van der Waals surface area contributed by atoms with Crippen LogP contribution in [0.1, 0.15) is 25.5 Å². The van der Waals surface area contributed by atoms with E-state index in [1.54, 1.807) is 0 Å². The van der Waals surface area contributed by atoms with Crippen LogP contribution in [0.5, 0.6) is 0 Å². The second-order valence-corrected chi connectivity index (χ2v) is 7.93. The second kappa shape index (κ2) is 10.4. The van der Waals surface area contributed by atoms with Gasteiger partial charge in [-0.1, -0.05) is 0 Å². The first-order valence-corrected chi connectivity index (χ1v) is 10.6. The number of hydrogen-bond acceptors (Lipinski definition) is 11. The van der Waals surface area contributed by atoms with Gasteiger partial charge in [0.25, 0.3) is 0 Å². The Morgan fingerprint density at radius 2 is 2.10 bits per heavy atom. The third-order valence-corrected chi connectivity index (χ3v) is 4.85. The molecule has 0 radical (unpaired) electrons. The third-order valence-electron chi connectivity index (χ3n) is 4.36. The van der Waals surface area contributed by atoms with Crippen molar-refractivity contribution in [2.75, 3.05) is 18.9 Å². The topological polar surface area (TPSA) is 239 Å². The Morgan fingerprint density at radius 1 is 1.40 bits per heavy atom. The third kappa shape index (κ3) is 6.82. The van der Waals surface area contributed by atoms with Gasteiger partial charge in [0.2, 0.25) is 5.62 Å². The van der Waals surface area contributed by atoms with E-state index in [1.807, 2.05) is 0 Å². The number of carboxylic acids is 1. The van der Waals surface area contributed by atoms with E-state index < -0.39 is 51.0 Å². The monoisotopic (exact) mass is 450 g/mol. The quantitative estimate of drug-likeness (QED) is 0.149. The molecule has 1 aromatic rings. The molecule has 1 aliphatic heterocycles. The number of ether oxygens (including phenoxy) is 1. The summed E-state index contributed by atoms with van der Waals surface area (Å²) in [6, 6.07) is 0.357. The number of nitrogens with two attached hydrogens (primary N) is 2. The van der Waals surface area contributed by atoms with Crippen LogP contribution in [0.2, 0.25) is 0 Å². The maximum absolute atomic E-state index is 10.9.